The van der Waals surface area contributed by atoms with Gasteiger partial charge in [0.25, 0.3) is 0 Å². The van der Waals surface area contributed by atoms with Gasteiger partial charge in [-0.2, -0.15) is 10.2 Å². The summed E-state index contributed by atoms with van der Waals surface area (Å²) in [6, 6.07) is 11.5. The van der Waals surface area contributed by atoms with Gasteiger partial charge in [-0.25, -0.2) is 13.8 Å². The predicted molar refractivity (Wildman–Crippen MR) is 122 cm³/mol. The molecule has 0 amide bonds. The Bertz CT molecular complexity index is 1240. The molecule has 160 valence electrons. The van der Waals surface area contributed by atoms with Crippen LogP contribution in [0.1, 0.15) is 22.4 Å². The first-order valence-electron chi connectivity index (χ1n) is 10.00. The predicted octanol–water partition coefficient (Wildman–Crippen LogP) is 5.09. The zero-order valence-electron chi connectivity index (χ0n) is 17.6. The fraction of sp³-hybridized carbons (Fsp3) is 0.167. The molecule has 1 N–H and O–H groups in total. The van der Waals surface area contributed by atoms with Gasteiger partial charge in [-0.05, 0) is 61.4 Å². The largest absolute Gasteiger partial charge is 0.324 e. The molecule has 1 aliphatic rings. The number of aromatic nitrogens is 2. The average molecular weight is 430 g/mol. The molecule has 0 fully saturated rings. The fourth-order valence-corrected chi connectivity index (χ4v) is 3.64. The summed E-state index contributed by atoms with van der Waals surface area (Å²) in [5.74, 6) is -0.530. The van der Waals surface area contributed by atoms with Crippen LogP contribution < -0.4 is 10.2 Å². The van der Waals surface area contributed by atoms with Gasteiger partial charge in [0.15, 0.2) is 11.6 Å². The highest BCUT2D eigenvalue weighted by Gasteiger charge is 2.29. The Morgan fingerprint density at radius 3 is 2.53 bits per heavy atom. The Morgan fingerprint density at radius 2 is 1.88 bits per heavy atom. The third-order valence-corrected chi connectivity index (χ3v) is 5.14. The first kappa shape index (κ1) is 21.1. The molecule has 2 aromatic carbocycles. The molecule has 4 rings (SSSR count). The molecule has 6 nitrogen and oxygen atoms in total. The lowest BCUT2D eigenvalue weighted by molar-refractivity contribution is 0.581. The van der Waals surface area contributed by atoms with Gasteiger partial charge >= 0.3 is 0 Å². The third kappa shape index (κ3) is 4.18. The van der Waals surface area contributed by atoms with Crippen molar-refractivity contribution in [1.82, 2.24) is 9.97 Å². The monoisotopic (exact) mass is 430 g/mol. The zero-order valence-corrected chi connectivity index (χ0v) is 17.6. The van der Waals surface area contributed by atoms with Crippen LogP contribution >= 0.6 is 0 Å². The summed E-state index contributed by atoms with van der Waals surface area (Å²) < 4.78 is 29.9. The number of hydrogen-bond acceptors (Lipinski definition) is 6. The van der Waals surface area contributed by atoms with Crippen molar-refractivity contribution in [3.05, 3.63) is 76.5 Å². The van der Waals surface area contributed by atoms with Gasteiger partial charge < -0.3 is 10.2 Å². The van der Waals surface area contributed by atoms with E-state index in [1.165, 1.54) is 12.1 Å². The van der Waals surface area contributed by atoms with Crippen molar-refractivity contribution in [3.63, 3.8) is 0 Å². The van der Waals surface area contributed by atoms with Crippen molar-refractivity contribution in [2.45, 2.75) is 13.3 Å². The molecule has 1 aromatic heterocycles. The van der Waals surface area contributed by atoms with Crippen LogP contribution in [0, 0.1) is 29.9 Å². The number of nitrogens with zero attached hydrogens (tertiary/aromatic N) is 5. The highest BCUT2D eigenvalue weighted by atomic mass is 19.1. The van der Waals surface area contributed by atoms with Gasteiger partial charge in [-0.3, -0.25) is 4.99 Å². The number of nitriles is 1. The highest BCUT2D eigenvalue weighted by molar-refractivity contribution is 5.79. The van der Waals surface area contributed by atoms with E-state index in [1.807, 2.05) is 6.92 Å². The molecule has 0 aliphatic carbocycles. The lowest BCUT2D eigenvalue weighted by atomic mass is 10.1. The van der Waals surface area contributed by atoms with E-state index in [1.54, 1.807) is 54.6 Å². The second-order valence-electron chi connectivity index (χ2n) is 7.25. The first-order chi connectivity index (χ1) is 15.5. The zero-order chi connectivity index (χ0) is 22.7. The number of hydrogen-bond donors (Lipinski definition) is 1. The van der Waals surface area contributed by atoms with Crippen molar-refractivity contribution in [1.29, 1.82) is 5.26 Å². The average Bonchev–Trinajstić information content (AvgIpc) is 3.18. The van der Waals surface area contributed by atoms with Crippen LogP contribution in [0.4, 0.5) is 31.9 Å². The van der Waals surface area contributed by atoms with E-state index in [0.29, 0.717) is 41.5 Å². The summed E-state index contributed by atoms with van der Waals surface area (Å²) in [6.45, 7) is 2.25. The highest BCUT2D eigenvalue weighted by Crippen LogP contribution is 2.38. The number of aryl methyl sites for hydroxylation is 1. The smallest absolute Gasteiger partial charge is 0.229 e. The summed E-state index contributed by atoms with van der Waals surface area (Å²) in [4.78, 5) is 14.4. The molecular weight excluding hydrogens is 410 g/mol. The molecule has 2 heterocycles. The Morgan fingerprint density at radius 1 is 1.16 bits per heavy atom. The molecule has 0 radical (unpaired) electrons. The number of halogens is 2. The van der Waals surface area contributed by atoms with Gasteiger partial charge in [-0.15, -0.1) is 0 Å². The SMILES string of the molecule is CN=C/C=C\c1cc(F)c(N2CCc3c(C)nc(Nc4ccc(C#N)cc4)nc32)c(F)c1. The van der Waals surface area contributed by atoms with E-state index < -0.39 is 11.6 Å². The number of nitrogens with one attached hydrogen (secondary N) is 1. The quantitative estimate of drug-likeness (QED) is 0.571. The summed E-state index contributed by atoms with van der Waals surface area (Å²) in [5, 5.41) is 12.0. The number of allylic oxidation sites excluding steroid dienone is 1. The van der Waals surface area contributed by atoms with Crippen LogP contribution in [-0.2, 0) is 6.42 Å². The van der Waals surface area contributed by atoms with Crippen LogP contribution in [0.5, 0.6) is 0 Å². The van der Waals surface area contributed by atoms with Crippen LogP contribution in [0.2, 0.25) is 0 Å². The Balaban J connectivity index is 1.68. The second-order valence-corrected chi connectivity index (χ2v) is 7.25. The van der Waals surface area contributed by atoms with Gasteiger partial charge in [0, 0.05) is 36.8 Å². The molecule has 8 heteroatoms. The van der Waals surface area contributed by atoms with Crippen molar-refractivity contribution in [2.24, 2.45) is 4.99 Å². The normalized spacial score (nSPS) is 13.0. The van der Waals surface area contributed by atoms with E-state index >= 15 is 0 Å². The van der Waals surface area contributed by atoms with Crippen molar-refractivity contribution in [3.8, 4) is 6.07 Å². The van der Waals surface area contributed by atoms with Crippen molar-refractivity contribution < 1.29 is 8.78 Å². The number of rotatable bonds is 5. The molecule has 0 spiro atoms. The minimum atomic E-state index is -0.663. The molecule has 0 saturated carbocycles. The summed E-state index contributed by atoms with van der Waals surface area (Å²) in [7, 11) is 1.62. The van der Waals surface area contributed by atoms with E-state index in [0.717, 1.165) is 11.3 Å². The minimum absolute atomic E-state index is 0.132. The molecule has 3 aromatic rings. The second kappa shape index (κ2) is 8.94. The minimum Gasteiger partial charge on any atom is -0.324 e. The maximum Gasteiger partial charge on any atom is 0.229 e. The molecule has 0 atom stereocenters. The number of benzene rings is 2. The maximum absolute atomic E-state index is 15.0. The summed E-state index contributed by atoms with van der Waals surface area (Å²) in [5.41, 5.74) is 3.12. The van der Waals surface area contributed by atoms with Crippen LogP contribution in [0.3, 0.4) is 0 Å². The van der Waals surface area contributed by atoms with E-state index in [9.17, 15) is 8.78 Å². The molecule has 1 aliphatic heterocycles. The van der Waals surface area contributed by atoms with Gasteiger partial charge in [-0.1, -0.05) is 6.08 Å². The first-order valence-corrected chi connectivity index (χ1v) is 10.00. The number of anilines is 4. The van der Waals surface area contributed by atoms with Crippen LogP contribution in [0.15, 0.2) is 47.5 Å². The maximum atomic E-state index is 15.0. The molecule has 0 bridgehead atoms. The number of fused-ring (bicyclic) bond motifs is 1. The van der Waals surface area contributed by atoms with E-state index in [4.69, 9.17) is 5.26 Å². The Hall–Kier alpha value is -4.12. The Labute approximate surface area is 184 Å². The lowest BCUT2D eigenvalue weighted by Crippen LogP contribution is -2.18. The third-order valence-electron chi connectivity index (χ3n) is 5.14. The van der Waals surface area contributed by atoms with E-state index in [2.05, 4.69) is 26.3 Å². The van der Waals surface area contributed by atoms with E-state index in [-0.39, 0.29) is 5.69 Å². The van der Waals surface area contributed by atoms with Crippen molar-refractivity contribution >= 4 is 35.4 Å². The van der Waals surface area contributed by atoms with Crippen LogP contribution in [0.25, 0.3) is 6.08 Å². The topological polar surface area (TPSA) is 77.2 Å². The molecule has 0 unspecified atom stereocenters. The van der Waals surface area contributed by atoms with Crippen molar-refractivity contribution in [2.75, 3.05) is 23.8 Å². The standard InChI is InChI=1S/C24H20F2N6/c1-15-19-9-11-32(22-20(25)12-17(13-21(22)26)4-3-10-28-2)23(19)31-24(29-15)30-18-7-5-16(14-27)6-8-18/h3-8,10,12-13H,9,11H2,1-2H3,(H,29,30,31)/b4-3-,28-10?. The summed E-state index contributed by atoms with van der Waals surface area (Å²) in [6.07, 6.45) is 5.35. The molecular formula is C24H20F2N6. The number of aliphatic imine (C=N–C) groups is 1. The fourth-order valence-electron chi connectivity index (χ4n) is 3.64. The molecule has 32 heavy (non-hydrogen) atoms. The van der Waals surface area contributed by atoms with Gasteiger partial charge in [0.2, 0.25) is 5.95 Å². The summed E-state index contributed by atoms with van der Waals surface area (Å²) >= 11 is 0. The molecule has 0 saturated heterocycles. The van der Waals surface area contributed by atoms with Gasteiger partial charge in [0.05, 0.1) is 11.6 Å². The van der Waals surface area contributed by atoms with Crippen LogP contribution in [-0.4, -0.2) is 29.8 Å². The lowest BCUT2D eigenvalue weighted by Gasteiger charge is -2.21. The Kier molecular flexibility index (Phi) is 5.90. The van der Waals surface area contributed by atoms with Gasteiger partial charge in [0.1, 0.15) is 11.5 Å².